The van der Waals surface area contributed by atoms with Crippen LogP contribution in [-0.2, 0) is 6.42 Å². The maximum atomic E-state index is 5.59. The molecule has 0 heterocycles. The van der Waals surface area contributed by atoms with E-state index in [9.17, 15) is 0 Å². The zero-order valence-corrected chi connectivity index (χ0v) is 9.89. The number of fused-ring (bicyclic) bond motifs is 1. The summed E-state index contributed by atoms with van der Waals surface area (Å²) in [7, 11) is 0. The number of benzene rings is 1. The lowest BCUT2D eigenvalue weighted by atomic mass is 10.0. The molecule has 0 bridgehead atoms. The van der Waals surface area contributed by atoms with E-state index in [0.29, 0.717) is 0 Å². The molecule has 74 valence electrons. The SMILES string of the molecule is Cc1cc(Br)c2c(c1)C(CCN)=CC2. The second-order valence-corrected chi connectivity index (χ2v) is 4.60. The molecule has 1 aliphatic rings. The van der Waals surface area contributed by atoms with Crippen LogP contribution in [0.2, 0.25) is 0 Å². The fourth-order valence-electron chi connectivity index (χ4n) is 1.99. The van der Waals surface area contributed by atoms with Gasteiger partial charge in [0.1, 0.15) is 0 Å². The smallest absolute Gasteiger partial charge is 0.0219 e. The molecule has 1 aromatic rings. The van der Waals surface area contributed by atoms with Gasteiger partial charge in [0.2, 0.25) is 0 Å². The van der Waals surface area contributed by atoms with Crippen LogP contribution in [0.5, 0.6) is 0 Å². The van der Waals surface area contributed by atoms with Crippen LogP contribution < -0.4 is 5.73 Å². The van der Waals surface area contributed by atoms with Gasteiger partial charge in [0.05, 0.1) is 0 Å². The molecule has 0 aliphatic heterocycles. The molecule has 1 aliphatic carbocycles. The minimum absolute atomic E-state index is 0.733. The molecule has 0 saturated carbocycles. The Morgan fingerprint density at radius 2 is 2.21 bits per heavy atom. The van der Waals surface area contributed by atoms with Gasteiger partial charge in [0, 0.05) is 4.47 Å². The summed E-state index contributed by atoms with van der Waals surface area (Å²) in [6.07, 6.45) is 4.33. The van der Waals surface area contributed by atoms with E-state index in [1.165, 1.54) is 26.7 Å². The Hall–Kier alpha value is -0.600. The summed E-state index contributed by atoms with van der Waals surface area (Å²) >= 11 is 3.61. The average molecular weight is 252 g/mol. The van der Waals surface area contributed by atoms with Gasteiger partial charge in [-0.15, -0.1) is 0 Å². The summed E-state index contributed by atoms with van der Waals surface area (Å²) < 4.78 is 1.23. The second kappa shape index (κ2) is 3.87. The number of halogens is 1. The van der Waals surface area contributed by atoms with Gasteiger partial charge in [-0.05, 0) is 54.6 Å². The van der Waals surface area contributed by atoms with Gasteiger partial charge in [-0.2, -0.15) is 0 Å². The van der Waals surface area contributed by atoms with Crippen LogP contribution in [0.3, 0.4) is 0 Å². The highest BCUT2D eigenvalue weighted by Gasteiger charge is 2.16. The summed E-state index contributed by atoms with van der Waals surface area (Å²) in [6.45, 7) is 2.86. The van der Waals surface area contributed by atoms with Crippen molar-refractivity contribution in [1.29, 1.82) is 0 Å². The van der Waals surface area contributed by atoms with Crippen LogP contribution in [0.25, 0.3) is 5.57 Å². The van der Waals surface area contributed by atoms with Crippen LogP contribution in [-0.4, -0.2) is 6.54 Å². The third-order valence-electron chi connectivity index (χ3n) is 2.65. The Kier molecular flexibility index (Phi) is 2.75. The summed E-state index contributed by atoms with van der Waals surface area (Å²) in [5.74, 6) is 0. The molecule has 0 saturated heterocycles. The Morgan fingerprint density at radius 1 is 1.43 bits per heavy atom. The number of aryl methyl sites for hydroxylation is 1. The van der Waals surface area contributed by atoms with Gasteiger partial charge in [0.25, 0.3) is 0 Å². The first-order valence-electron chi connectivity index (χ1n) is 4.91. The fraction of sp³-hybridized carbons (Fsp3) is 0.333. The molecule has 2 heteroatoms. The molecule has 1 nitrogen and oxygen atoms in total. The Balaban J connectivity index is 2.45. The third kappa shape index (κ3) is 1.64. The lowest BCUT2D eigenvalue weighted by Crippen LogP contribution is -1.99. The van der Waals surface area contributed by atoms with Crippen molar-refractivity contribution in [2.75, 3.05) is 6.54 Å². The van der Waals surface area contributed by atoms with Crippen LogP contribution in [0.15, 0.2) is 22.7 Å². The highest BCUT2D eigenvalue weighted by Crippen LogP contribution is 2.35. The topological polar surface area (TPSA) is 26.0 Å². The van der Waals surface area contributed by atoms with Crippen LogP contribution in [0, 0.1) is 6.92 Å². The molecule has 0 atom stereocenters. The average Bonchev–Trinajstić information content (AvgIpc) is 2.49. The summed E-state index contributed by atoms with van der Waals surface area (Å²) in [5.41, 5.74) is 11.1. The van der Waals surface area contributed by atoms with Crippen molar-refractivity contribution in [1.82, 2.24) is 0 Å². The van der Waals surface area contributed by atoms with Crippen molar-refractivity contribution >= 4 is 21.5 Å². The molecule has 14 heavy (non-hydrogen) atoms. The molecule has 0 aromatic heterocycles. The van der Waals surface area contributed by atoms with Gasteiger partial charge < -0.3 is 5.73 Å². The zero-order chi connectivity index (χ0) is 10.1. The summed E-state index contributed by atoms with van der Waals surface area (Å²) in [6, 6.07) is 4.44. The number of hydrogen-bond donors (Lipinski definition) is 1. The van der Waals surface area contributed by atoms with E-state index in [-0.39, 0.29) is 0 Å². The minimum atomic E-state index is 0.733. The predicted octanol–water partition coefficient (Wildman–Crippen LogP) is 3.05. The van der Waals surface area contributed by atoms with E-state index in [2.05, 4.69) is 41.1 Å². The van der Waals surface area contributed by atoms with Crippen molar-refractivity contribution < 1.29 is 0 Å². The van der Waals surface area contributed by atoms with Crippen molar-refractivity contribution in [3.63, 3.8) is 0 Å². The summed E-state index contributed by atoms with van der Waals surface area (Å²) in [5, 5.41) is 0. The van der Waals surface area contributed by atoms with Gasteiger partial charge in [0.15, 0.2) is 0 Å². The van der Waals surface area contributed by atoms with Crippen LogP contribution in [0.1, 0.15) is 23.1 Å². The van der Waals surface area contributed by atoms with Crippen LogP contribution in [0.4, 0.5) is 0 Å². The molecule has 1 aromatic carbocycles. The predicted molar refractivity (Wildman–Crippen MR) is 64.2 cm³/mol. The zero-order valence-electron chi connectivity index (χ0n) is 8.31. The second-order valence-electron chi connectivity index (χ2n) is 3.75. The summed E-state index contributed by atoms with van der Waals surface area (Å²) in [4.78, 5) is 0. The van der Waals surface area contributed by atoms with Crippen molar-refractivity contribution in [2.24, 2.45) is 5.73 Å². The van der Waals surface area contributed by atoms with Gasteiger partial charge in [-0.3, -0.25) is 0 Å². The van der Waals surface area contributed by atoms with E-state index in [0.717, 1.165) is 19.4 Å². The van der Waals surface area contributed by atoms with Crippen molar-refractivity contribution in [2.45, 2.75) is 19.8 Å². The highest BCUT2D eigenvalue weighted by molar-refractivity contribution is 9.10. The molecule has 0 spiro atoms. The van der Waals surface area contributed by atoms with Crippen molar-refractivity contribution in [3.8, 4) is 0 Å². The van der Waals surface area contributed by atoms with Crippen molar-refractivity contribution in [3.05, 3.63) is 39.4 Å². The van der Waals surface area contributed by atoms with E-state index < -0.39 is 0 Å². The first-order chi connectivity index (χ1) is 6.72. The first kappa shape index (κ1) is 9.94. The number of allylic oxidation sites excluding steroid dienone is 1. The molecule has 2 N–H and O–H groups in total. The largest absolute Gasteiger partial charge is 0.330 e. The van der Waals surface area contributed by atoms with Gasteiger partial charge in [-0.1, -0.05) is 28.1 Å². The lowest BCUT2D eigenvalue weighted by Gasteiger charge is -2.07. The van der Waals surface area contributed by atoms with E-state index >= 15 is 0 Å². The fourth-order valence-corrected chi connectivity index (χ4v) is 2.73. The molecular formula is C12H14BrN. The van der Waals surface area contributed by atoms with E-state index in [4.69, 9.17) is 5.73 Å². The maximum Gasteiger partial charge on any atom is 0.0219 e. The monoisotopic (exact) mass is 251 g/mol. The Labute approximate surface area is 93.1 Å². The molecule has 0 fully saturated rings. The normalized spacial score (nSPS) is 14.1. The van der Waals surface area contributed by atoms with Gasteiger partial charge >= 0.3 is 0 Å². The number of nitrogens with two attached hydrogens (primary N) is 1. The highest BCUT2D eigenvalue weighted by atomic mass is 79.9. The number of hydrogen-bond acceptors (Lipinski definition) is 1. The quantitative estimate of drug-likeness (QED) is 0.860. The molecule has 0 unspecified atom stereocenters. The minimum Gasteiger partial charge on any atom is -0.330 e. The van der Waals surface area contributed by atoms with E-state index in [1.807, 2.05) is 0 Å². The number of rotatable bonds is 2. The maximum absolute atomic E-state index is 5.59. The Bertz CT molecular complexity index is 394. The van der Waals surface area contributed by atoms with Crippen LogP contribution >= 0.6 is 15.9 Å². The first-order valence-corrected chi connectivity index (χ1v) is 5.70. The molecule has 0 radical (unpaired) electrons. The third-order valence-corrected chi connectivity index (χ3v) is 3.36. The molecule has 0 amide bonds. The lowest BCUT2D eigenvalue weighted by molar-refractivity contribution is 1.02. The molecular weight excluding hydrogens is 238 g/mol. The molecule has 2 rings (SSSR count). The standard InChI is InChI=1S/C12H14BrN/c1-8-6-11-9(4-5-14)2-3-10(11)12(13)7-8/h2,6-7H,3-5,14H2,1H3. The Morgan fingerprint density at radius 3 is 2.93 bits per heavy atom. The van der Waals surface area contributed by atoms with E-state index in [1.54, 1.807) is 0 Å². The van der Waals surface area contributed by atoms with Gasteiger partial charge in [-0.25, -0.2) is 0 Å².